The summed E-state index contributed by atoms with van der Waals surface area (Å²) in [4.78, 5) is 25.5. The van der Waals surface area contributed by atoms with Gasteiger partial charge in [0.05, 0.1) is 30.6 Å². The summed E-state index contributed by atoms with van der Waals surface area (Å²) in [6.07, 6.45) is 2.39. The van der Waals surface area contributed by atoms with E-state index >= 15 is 0 Å². The van der Waals surface area contributed by atoms with Crippen LogP contribution in [0, 0.1) is 15.4 Å². The number of nitrogens with zero attached hydrogens (tertiary/aromatic N) is 1. The van der Waals surface area contributed by atoms with E-state index in [1.54, 1.807) is 44.6 Å². The maximum atomic E-state index is 12.7. The highest BCUT2D eigenvalue weighted by atomic mass is 127. The number of amides is 2. The molecule has 1 unspecified atom stereocenters. The lowest BCUT2D eigenvalue weighted by Crippen LogP contribution is -2.39. The molecule has 0 saturated carbocycles. The molecule has 2 aromatic carbocycles. The summed E-state index contributed by atoms with van der Waals surface area (Å²) < 4.78 is 17.2. The van der Waals surface area contributed by atoms with E-state index in [4.69, 9.17) is 14.2 Å². The number of rotatable bonds is 11. The predicted octanol–water partition coefficient (Wildman–Crippen LogP) is 4.46. The molecule has 0 fully saturated rings. The fourth-order valence-electron chi connectivity index (χ4n) is 3.02. The first kappa shape index (κ1) is 26.4. The van der Waals surface area contributed by atoms with Crippen molar-refractivity contribution in [1.82, 2.24) is 5.43 Å². The van der Waals surface area contributed by atoms with E-state index < -0.39 is 17.7 Å². The largest absolute Gasteiger partial charge is 0.497 e. The Kier molecular flexibility index (Phi) is 10.4. The third-order valence-electron chi connectivity index (χ3n) is 4.68. The van der Waals surface area contributed by atoms with Crippen molar-refractivity contribution in [3.8, 4) is 17.2 Å². The summed E-state index contributed by atoms with van der Waals surface area (Å²) in [5.41, 5.74) is 3.78. The van der Waals surface area contributed by atoms with Gasteiger partial charge in [0, 0.05) is 5.69 Å². The Hall–Kier alpha value is -2.82. The molecule has 0 bridgehead atoms. The number of benzene rings is 2. The third-order valence-corrected chi connectivity index (χ3v) is 5.48. The molecule has 0 saturated heterocycles. The molecule has 0 aliphatic carbocycles. The Balaban J connectivity index is 2.07. The predicted molar refractivity (Wildman–Crippen MR) is 137 cm³/mol. The van der Waals surface area contributed by atoms with Gasteiger partial charge in [-0.1, -0.05) is 20.8 Å². The number of carbonyl (C=O) groups excluding carboxylic acids is 2. The summed E-state index contributed by atoms with van der Waals surface area (Å²) >= 11 is 2.17. The standard InChI is InChI=1S/C24H30IN3O5/c1-6-11-33-22-19(25)12-16(13-20(22)32-5)14-26-28-24(30)21(15(2)3)23(29)27-17-7-9-18(31-4)10-8-17/h7-10,12-15,21H,6,11H2,1-5H3,(H,27,29)(H,28,30). The Labute approximate surface area is 208 Å². The lowest BCUT2D eigenvalue weighted by Gasteiger charge is -2.18. The minimum Gasteiger partial charge on any atom is -0.497 e. The van der Waals surface area contributed by atoms with Gasteiger partial charge in [-0.2, -0.15) is 5.10 Å². The van der Waals surface area contributed by atoms with Gasteiger partial charge in [-0.3, -0.25) is 9.59 Å². The van der Waals surface area contributed by atoms with E-state index in [1.807, 2.05) is 26.8 Å². The minimum atomic E-state index is -0.913. The molecule has 1 atom stereocenters. The highest BCUT2D eigenvalue weighted by molar-refractivity contribution is 14.1. The molecule has 8 nitrogen and oxygen atoms in total. The zero-order chi connectivity index (χ0) is 24.4. The quantitative estimate of drug-likeness (QED) is 0.181. The SMILES string of the molecule is CCCOc1c(I)cc(C=NNC(=O)C(C(=O)Nc2ccc(OC)cc2)C(C)C)cc1OC. The number of hydrazone groups is 1. The van der Waals surface area contributed by atoms with Crippen molar-refractivity contribution >= 4 is 46.3 Å². The molecule has 0 aromatic heterocycles. The molecule has 33 heavy (non-hydrogen) atoms. The van der Waals surface area contributed by atoms with Crippen molar-refractivity contribution in [2.75, 3.05) is 26.1 Å². The number of carbonyl (C=O) groups is 2. The molecular formula is C24H30IN3O5. The second kappa shape index (κ2) is 13.0. The van der Waals surface area contributed by atoms with E-state index in [0.717, 1.165) is 15.6 Å². The van der Waals surface area contributed by atoms with Crippen molar-refractivity contribution in [3.05, 3.63) is 45.5 Å². The number of anilines is 1. The number of hydrogen-bond acceptors (Lipinski definition) is 6. The van der Waals surface area contributed by atoms with Crippen LogP contribution in [-0.4, -0.2) is 38.9 Å². The normalized spacial score (nSPS) is 11.8. The monoisotopic (exact) mass is 567 g/mol. The van der Waals surface area contributed by atoms with Gasteiger partial charge in [-0.25, -0.2) is 5.43 Å². The number of ether oxygens (including phenoxy) is 3. The molecular weight excluding hydrogens is 537 g/mol. The van der Waals surface area contributed by atoms with E-state index in [0.29, 0.717) is 29.5 Å². The third kappa shape index (κ3) is 7.62. The highest BCUT2D eigenvalue weighted by Gasteiger charge is 2.30. The second-order valence-corrected chi connectivity index (χ2v) is 8.72. The van der Waals surface area contributed by atoms with Crippen LogP contribution >= 0.6 is 22.6 Å². The smallest absolute Gasteiger partial charge is 0.252 e. The summed E-state index contributed by atoms with van der Waals surface area (Å²) in [5.74, 6) is -0.0958. The molecule has 2 aromatic rings. The molecule has 0 radical (unpaired) electrons. The number of nitrogens with one attached hydrogen (secondary N) is 2. The number of halogens is 1. The summed E-state index contributed by atoms with van der Waals surface area (Å²) in [6, 6.07) is 10.6. The van der Waals surface area contributed by atoms with Crippen LogP contribution in [-0.2, 0) is 9.59 Å². The van der Waals surface area contributed by atoms with Crippen LogP contribution in [0.4, 0.5) is 5.69 Å². The summed E-state index contributed by atoms with van der Waals surface area (Å²) in [7, 11) is 3.14. The maximum Gasteiger partial charge on any atom is 0.252 e. The molecule has 2 amide bonds. The maximum absolute atomic E-state index is 12.7. The fourth-order valence-corrected chi connectivity index (χ4v) is 3.80. The highest BCUT2D eigenvalue weighted by Crippen LogP contribution is 2.33. The van der Waals surface area contributed by atoms with Crippen molar-refractivity contribution in [2.45, 2.75) is 27.2 Å². The lowest BCUT2D eigenvalue weighted by atomic mass is 9.94. The first-order valence-corrected chi connectivity index (χ1v) is 11.7. The van der Waals surface area contributed by atoms with Gasteiger partial charge >= 0.3 is 0 Å². The lowest BCUT2D eigenvalue weighted by molar-refractivity contribution is -0.134. The van der Waals surface area contributed by atoms with E-state index in [9.17, 15) is 9.59 Å². The molecule has 0 aliphatic rings. The Morgan fingerprint density at radius 2 is 1.79 bits per heavy atom. The Morgan fingerprint density at radius 3 is 2.36 bits per heavy atom. The van der Waals surface area contributed by atoms with Gasteiger partial charge in [-0.15, -0.1) is 0 Å². The molecule has 9 heteroatoms. The molecule has 2 N–H and O–H groups in total. The molecule has 0 spiro atoms. The average Bonchev–Trinajstić information content (AvgIpc) is 2.78. The van der Waals surface area contributed by atoms with Crippen LogP contribution < -0.4 is 25.0 Å². The van der Waals surface area contributed by atoms with E-state index in [1.165, 1.54) is 6.21 Å². The topological polar surface area (TPSA) is 98.2 Å². The van der Waals surface area contributed by atoms with Crippen molar-refractivity contribution in [2.24, 2.45) is 16.9 Å². The first-order chi connectivity index (χ1) is 15.8. The second-order valence-electron chi connectivity index (χ2n) is 7.56. The van der Waals surface area contributed by atoms with Crippen LogP contribution in [0.1, 0.15) is 32.8 Å². The fraction of sp³-hybridized carbons (Fsp3) is 0.375. The van der Waals surface area contributed by atoms with Gasteiger partial charge in [0.25, 0.3) is 5.91 Å². The molecule has 178 valence electrons. The van der Waals surface area contributed by atoms with Crippen molar-refractivity contribution < 1.29 is 23.8 Å². The molecule has 2 rings (SSSR count). The Bertz CT molecular complexity index is 977. The minimum absolute atomic E-state index is 0.227. The molecule has 0 aliphatic heterocycles. The van der Waals surface area contributed by atoms with Crippen LogP contribution in [0.2, 0.25) is 0 Å². The van der Waals surface area contributed by atoms with Crippen molar-refractivity contribution in [1.29, 1.82) is 0 Å². The van der Waals surface area contributed by atoms with E-state index in [-0.39, 0.29) is 5.92 Å². The zero-order valence-corrected chi connectivity index (χ0v) is 21.6. The van der Waals surface area contributed by atoms with Crippen LogP contribution in [0.25, 0.3) is 0 Å². The van der Waals surface area contributed by atoms with Crippen LogP contribution in [0.3, 0.4) is 0 Å². The van der Waals surface area contributed by atoms with Crippen LogP contribution in [0.5, 0.6) is 17.2 Å². The van der Waals surface area contributed by atoms with Gasteiger partial charge in [0.1, 0.15) is 11.7 Å². The average molecular weight is 567 g/mol. The summed E-state index contributed by atoms with van der Waals surface area (Å²) in [5, 5.41) is 6.82. The van der Waals surface area contributed by atoms with Gasteiger partial charge in [0.15, 0.2) is 11.5 Å². The van der Waals surface area contributed by atoms with Crippen LogP contribution in [0.15, 0.2) is 41.5 Å². The van der Waals surface area contributed by atoms with Crippen molar-refractivity contribution in [3.63, 3.8) is 0 Å². The van der Waals surface area contributed by atoms with Gasteiger partial charge in [0.2, 0.25) is 5.91 Å². The Morgan fingerprint density at radius 1 is 1.09 bits per heavy atom. The van der Waals surface area contributed by atoms with E-state index in [2.05, 4.69) is 38.4 Å². The van der Waals surface area contributed by atoms with Gasteiger partial charge in [-0.05, 0) is 76.9 Å². The van der Waals surface area contributed by atoms with Gasteiger partial charge < -0.3 is 19.5 Å². The zero-order valence-electron chi connectivity index (χ0n) is 19.5. The number of methoxy groups -OCH3 is 2. The summed E-state index contributed by atoms with van der Waals surface area (Å²) in [6.45, 7) is 6.24. The molecule has 0 heterocycles. The first-order valence-electron chi connectivity index (χ1n) is 10.6. The number of hydrogen-bond donors (Lipinski definition) is 2.